The minimum atomic E-state index is -1.41. The predicted molar refractivity (Wildman–Crippen MR) is 107 cm³/mol. The molecule has 0 saturated heterocycles. The maximum absolute atomic E-state index is 14.4. The van der Waals surface area contributed by atoms with Crippen molar-refractivity contribution >= 4 is 39.2 Å². The zero-order chi connectivity index (χ0) is 21.6. The van der Waals surface area contributed by atoms with E-state index in [0.29, 0.717) is 5.39 Å². The van der Waals surface area contributed by atoms with E-state index in [1.54, 1.807) is 12.1 Å². The zero-order valence-electron chi connectivity index (χ0n) is 15.3. The van der Waals surface area contributed by atoms with E-state index >= 15 is 0 Å². The number of nitrogens with one attached hydrogen (secondary N) is 1. The van der Waals surface area contributed by atoms with Crippen LogP contribution in [-0.2, 0) is 0 Å². The number of phenols is 1. The first-order valence-electron chi connectivity index (χ1n) is 8.60. The topological polar surface area (TPSA) is 99.8 Å². The summed E-state index contributed by atoms with van der Waals surface area (Å²) < 4.78 is 33.7. The van der Waals surface area contributed by atoms with Crippen molar-refractivity contribution < 1.29 is 33.0 Å². The molecule has 0 aliphatic rings. The van der Waals surface area contributed by atoms with Crippen molar-refractivity contribution in [2.24, 2.45) is 0 Å². The van der Waals surface area contributed by atoms with Crippen molar-refractivity contribution in [2.75, 3.05) is 5.32 Å². The number of aromatic carboxylic acids is 1. The van der Waals surface area contributed by atoms with Crippen molar-refractivity contribution in [2.45, 2.75) is 6.92 Å². The molecule has 3 N–H and O–H groups in total. The number of aryl methyl sites for hydroxylation is 1. The second kappa shape index (κ2) is 7.27. The number of carboxylic acids is 1. The molecule has 0 saturated carbocycles. The van der Waals surface area contributed by atoms with Gasteiger partial charge in [0.15, 0.2) is 28.7 Å². The Labute approximate surface area is 172 Å². The number of rotatable bonds is 4. The van der Waals surface area contributed by atoms with Gasteiger partial charge in [-0.15, -0.1) is 11.3 Å². The van der Waals surface area contributed by atoms with Crippen LogP contribution in [0.4, 0.5) is 13.8 Å². The third-order valence-corrected chi connectivity index (χ3v) is 5.44. The maximum Gasteiger partial charge on any atom is 0.339 e. The molecule has 9 heteroatoms. The fourth-order valence-electron chi connectivity index (χ4n) is 3.04. The first-order chi connectivity index (χ1) is 14.3. The van der Waals surface area contributed by atoms with Crippen molar-refractivity contribution in [3.63, 3.8) is 0 Å². The van der Waals surface area contributed by atoms with Crippen molar-refractivity contribution in [1.29, 1.82) is 0 Å². The number of para-hydroxylation sites is 1. The number of carbonyl (C=O) groups is 2. The average Bonchev–Trinajstić information content (AvgIpc) is 3.31. The Bertz CT molecular complexity index is 1320. The Morgan fingerprint density at radius 1 is 1.10 bits per heavy atom. The monoisotopic (exact) mass is 429 g/mol. The molecule has 2 aromatic heterocycles. The standard InChI is InChI=1S/C21H13F2NO5S/c1-9-5-6-11(17(23)16(9)22)12-8-30-20(15(12)21(27)28)24-19(26)14-7-10-3-2-4-13(25)18(10)29-14/h2-8,25H,1H3,(H,24,26)(H,27,28). The summed E-state index contributed by atoms with van der Waals surface area (Å²) >= 11 is 0.858. The van der Waals surface area contributed by atoms with E-state index in [1.165, 1.54) is 36.6 Å². The number of carbonyl (C=O) groups excluding carboxylic acids is 1. The quantitative estimate of drug-likeness (QED) is 0.403. The molecule has 6 nitrogen and oxygen atoms in total. The summed E-state index contributed by atoms with van der Waals surface area (Å²) in [7, 11) is 0. The molecule has 2 aromatic carbocycles. The minimum Gasteiger partial charge on any atom is -0.504 e. The number of carboxylic acid groups (broad SMARTS) is 1. The third-order valence-electron chi connectivity index (χ3n) is 4.54. The maximum atomic E-state index is 14.4. The predicted octanol–water partition coefficient (Wildman–Crippen LogP) is 5.40. The summed E-state index contributed by atoms with van der Waals surface area (Å²) in [6.45, 7) is 1.39. The highest BCUT2D eigenvalue weighted by Crippen LogP contribution is 2.38. The van der Waals surface area contributed by atoms with E-state index in [-0.39, 0.29) is 44.3 Å². The lowest BCUT2D eigenvalue weighted by Gasteiger charge is -2.07. The number of hydrogen-bond acceptors (Lipinski definition) is 5. The Kier molecular flexibility index (Phi) is 4.75. The van der Waals surface area contributed by atoms with Gasteiger partial charge in [0.25, 0.3) is 5.91 Å². The van der Waals surface area contributed by atoms with Crippen LogP contribution in [0.1, 0.15) is 26.5 Å². The molecule has 0 atom stereocenters. The van der Waals surface area contributed by atoms with E-state index in [2.05, 4.69) is 5.32 Å². The van der Waals surface area contributed by atoms with Gasteiger partial charge in [0.1, 0.15) is 10.6 Å². The van der Waals surface area contributed by atoms with Crippen LogP contribution in [0, 0.1) is 18.6 Å². The molecule has 30 heavy (non-hydrogen) atoms. The van der Waals surface area contributed by atoms with Crippen LogP contribution >= 0.6 is 11.3 Å². The third kappa shape index (κ3) is 3.18. The van der Waals surface area contributed by atoms with Gasteiger partial charge in [-0.3, -0.25) is 4.79 Å². The molecule has 4 aromatic rings. The summed E-state index contributed by atoms with van der Waals surface area (Å²) in [6, 6.07) is 8.64. The highest BCUT2D eigenvalue weighted by atomic mass is 32.1. The van der Waals surface area contributed by atoms with E-state index in [9.17, 15) is 28.6 Å². The number of amides is 1. The van der Waals surface area contributed by atoms with Crippen LogP contribution < -0.4 is 5.32 Å². The normalized spacial score (nSPS) is 11.0. The summed E-state index contributed by atoms with van der Waals surface area (Å²) in [5.74, 6) is -4.69. The Hall–Kier alpha value is -3.72. The van der Waals surface area contributed by atoms with Crippen molar-refractivity contribution in [1.82, 2.24) is 0 Å². The number of phenolic OH excluding ortho intramolecular Hbond substituents is 1. The van der Waals surface area contributed by atoms with Crippen molar-refractivity contribution in [3.05, 3.63) is 70.3 Å². The number of thiophene rings is 1. The molecule has 0 aliphatic carbocycles. The summed E-state index contributed by atoms with van der Waals surface area (Å²) in [5.41, 5.74) is -0.438. The molecular formula is C21H13F2NO5S. The Balaban J connectivity index is 1.73. The molecule has 0 radical (unpaired) electrons. The first-order valence-corrected chi connectivity index (χ1v) is 9.48. The van der Waals surface area contributed by atoms with Crippen LogP contribution in [0.2, 0.25) is 0 Å². The molecule has 0 fully saturated rings. The number of fused-ring (bicyclic) bond motifs is 1. The number of furan rings is 1. The zero-order valence-corrected chi connectivity index (χ0v) is 16.1. The summed E-state index contributed by atoms with van der Waals surface area (Å²) in [4.78, 5) is 24.4. The first kappa shape index (κ1) is 19.6. The molecule has 1 amide bonds. The van der Waals surface area contributed by atoms with Crippen LogP contribution in [0.3, 0.4) is 0 Å². The molecule has 0 aliphatic heterocycles. The van der Waals surface area contributed by atoms with E-state index in [0.717, 1.165) is 11.3 Å². The number of anilines is 1. The van der Waals surface area contributed by atoms with Gasteiger partial charge < -0.3 is 19.9 Å². The Morgan fingerprint density at radius 3 is 2.57 bits per heavy atom. The SMILES string of the molecule is Cc1ccc(-c2csc(NC(=O)c3cc4cccc(O)c4o3)c2C(=O)O)c(F)c1F. The van der Waals surface area contributed by atoms with E-state index in [1.807, 2.05) is 0 Å². The lowest BCUT2D eigenvalue weighted by Crippen LogP contribution is -2.12. The second-order valence-electron chi connectivity index (χ2n) is 6.48. The number of halogens is 2. The van der Waals surface area contributed by atoms with E-state index in [4.69, 9.17) is 4.42 Å². The molecule has 0 bridgehead atoms. The molecular weight excluding hydrogens is 416 g/mol. The minimum absolute atomic E-state index is 0.0542. The van der Waals surface area contributed by atoms with Gasteiger partial charge in [0.2, 0.25) is 0 Å². The highest BCUT2D eigenvalue weighted by Gasteiger charge is 2.25. The number of hydrogen-bond donors (Lipinski definition) is 3. The molecule has 4 rings (SSSR count). The van der Waals surface area contributed by atoms with Crippen molar-refractivity contribution in [3.8, 4) is 16.9 Å². The molecule has 152 valence electrons. The fraction of sp³-hybridized carbons (Fsp3) is 0.0476. The largest absolute Gasteiger partial charge is 0.504 e. The Morgan fingerprint density at radius 2 is 1.87 bits per heavy atom. The lowest BCUT2D eigenvalue weighted by molar-refractivity contribution is 0.0699. The van der Waals surface area contributed by atoms with Gasteiger partial charge in [-0.05, 0) is 24.6 Å². The van der Waals surface area contributed by atoms with Gasteiger partial charge in [-0.25, -0.2) is 13.6 Å². The summed E-state index contributed by atoms with van der Waals surface area (Å²) in [6.07, 6.45) is 0. The smallest absolute Gasteiger partial charge is 0.339 e. The van der Waals surface area contributed by atoms with Gasteiger partial charge in [0, 0.05) is 21.9 Å². The van der Waals surface area contributed by atoms with Gasteiger partial charge in [0.05, 0.1) is 0 Å². The summed E-state index contributed by atoms with van der Waals surface area (Å²) in [5, 5.41) is 23.6. The molecule has 0 unspecified atom stereocenters. The van der Waals surface area contributed by atoms with Crippen LogP contribution in [-0.4, -0.2) is 22.1 Å². The number of aromatic hydroxyl groups is 1. The highest BCUT2D eigenvalue weighted by molar-refractivity contribution is 7.15. The molecule has 0 spiro atoms. The lowest BCUT2D eigenvalue weighted by atomic mass is 10.0. The molecule has 2 heterocycles. The van der Waals surface area contributed by atoms with Gasteiger partial charge in [-0.2, -0.15) is 0 Å². The number of benzene rings is 2. The van der Waals surface area contributed by atoms with Gasteiger partial charge in [-0.1, -0.05) is 24.3 Å². The van der Waals surface area contributed by atoms with Crippen LogP contribution in [0.15, 0.2) is 46.2 Å². The second-order valence-corrected chi connectivity index (χ2v) is 7.36. The van der Waals surface area contributed by atoms with Crippen LogP contribution in [0.25, 0.3) is 22.1 Å². The van der Waals surface area contributed by atoms with E-state index < -0.39 is 23.5 Å². The average molecular weight is 429 g/mol. The fourth-order valence-corrected chi connectivity index (χ4v) is 3.99. The van der Waals surface area contributed by atoms with Gasteiger partial charge >= 0.3 is 5.97 Å². The van der Waals surface area contributed by atoms with Crippen LogP contribution in [0.5, 0.6) is 5.75 Å².